The number of fused-ring (bicyclic) bond motifs is 1. The Kier molecular flexibility index (Phi) is 14.8. The fraction of sp³-hybridized carbons (Fsp3) is 0.463. The lowest BCUT2D eigenvalue weighted by Crippen LogP contribution is -2.54. The summed E-state index contributed by atoms with van der Waals surface area (Å²) in [6, 6.07) is 11.3. The topological polar surface area (TPSA) is 210 Å². The second-order valence-corrected chi connectivity index (χ2v) is 15.8. The maximum Gasteiger partial charge on any atom is 0.282 e. The van der Waals surface area contributed by atoms with Crippen LogP contribution in [0.1, 0.15) is 87.5 Å². The van der Waals surface area contributed by atoms with Crippen LogP contribution in [0.3, 0.4) is 0 Å². The van der Waals surface area contributed by atoms with Gasteiger partial charge >= 0.3 is 0 Å². The van der Waals surface area contributed by atoms with E-state index >= 15 is 0 Å². The number of piperidine rings is 2. The van der Waals surface area contributed by atoms with Crippen LogP contribution < -0.4 is 26.8 Å². The number of carbonyl (C=O) groups is 6. The summed E-state index contributed by atoms with van der Waals surface area (Å²) in [6.07, 6.45) is 6.10. The van der Waals surface area contributed by atoms with Gasteiger partial charge in [0.15, 0.2) is 0 Å². The fourth-order valence-corrected chi connectivity index (χ4v) is 8.05. The van der Waals surface area contributed by atoms with Crippen molar-refractivity contribution in [3.63, 3.8) is 0 Å². The summed E-state index contributed by atoms with van der Waals surface area (Å²) in [5.41, 5.74) is 2.45. The molecule has 2 fully saturated rings. The lowest BCUT2D eigenvalue weighted by atomic mass is 9.87. The van der Waals surface area contributed by atoms with Crippen LogP contribution in [0, 0.1) is 0 Å². The molecule has 4 heterocycles. The molecule has 0 saturated carbocycles. The Morgan fingerprint density at radius 2 is 1.66 bits per heavy atom. The molecule has 4 N–H and O–H groups in total. The Labute approximate surface area is 349 Å². The number of nitrogens with one attached hydrogen (secondary N) is 4. The third-order valence-electron chi connectivity index (χ3n) is 10.6. The maximum absolute atomic E-state index is 13.2. The van der Waals surface area contributed by atoms with E-state index in [9.17, 15) is 33.6 Å². The zero-order chi connectivity index (χ0) is 42.1. The second-order valence-electron chi connectivity index (χ2n) is 15.0. The van der Waals surface area contributed by atoms with Gasteiger partial charge in [-0.15, -0.1) is 0 Å². The van der Waals surface area contributed by atoms with Crippen LogP contribution in [0.2, 0.25) is 0 Å². The number of hydrogen-bond donors (Lipinski definition) is 4. The Morgan fingerprint density at radius 1 is 0.898 bits per heavy atom. The molecule has 314 valence electrons. The number of hydrogen-bond acceptors (Lipinski definition) is 12. The maximum atomic E-state index is 13.2. The lowest BCUT2D eigenvalue weighted by Gasteiger charge is -2.37. The molecule has 3 aromatic rings. The number of ether oxygens (including phenoxy) is 2. The minimum absolute atomic E-state index is 0.00790. The van der Waals surface area contributed by atoms with E-state index in [0.29, 0.717) is 28.9 Å². The van der Waals surface area contributed by atoms with Gasteiger partial charge < -0.3 is 30.3 Å². The number of likely N-dealkylation sites (tertiary alicyclic amines) is 1. The molecule has 2 saturated heterocycles. The molecule has 3 aliphatic heterocycles. The van der Waals surface area contributed by atoms with Crippen molar-refractivity contribution in [3.05, 3.63) is 85.7 Å². The SMILES string of the molecule is CN1C[C@H](Nc2cnn(C)c(=O)c2Br)C[C@H](c2ccc(C(=O)NCCCCCCOCCOCC(=O)Nc3cccc4c3C(=O)N(C3CCC(=O)NC3=O)C4=O)cc2)C1. The van der Waals surface area contributed by atoms with Gasteiger partial charge in [-0.05, 0) is 84.4 Å². The highest BCUT2D eigenvalue weighted by Gasteiger charge is 2.45. The van der Waals surface area contributed by atoms with E-state index in [1.165, 1.54) is 22.9 Å². The molecule has 17 nitrogen and oxygen atoms in total. The van der Waals surface area contributed by atoms with Gasteiger partial charge in [0.05, 0.1) is 41.9 Å². The first-order valence-electron chi connectivity index (χ1n) is 19.8. The molecular formula is C41H49BrN8O9. The number of imide groups is 2. The van der Waals surface area contributed by atoms with Crippen LogP contribution in [0.4, 0.5) is 11.4 Å². The minimum atomic E-state index is -1.10. The molecule has 3 atom stereocenters. The number of aryl methyl sites for hydroxylation is 1. The number of unbranched alkanes of at least 4 members (excludes halogenated alkanes) is 3. The van der Waals surface area contributed by atoms with Gasteiger partial charge in [0.1, 0.15) is 17.1 Å². The van der Waals surface area contributed by atoms with Gasteiger partial charge in [0, 0.05) is 51.3 Å². The molecule has 0 bridgehead atoms. The van der Waals surface area contributed by atoms with Crippen LogP contribution in [0.25, 0.3) is 0 Å². The fourth-order valence-electron chi connectivity index (χ4n) is 7.58. The Hall–Kier alpha value is -5.30. The van der Waals surface area contributed by atoms with E-state index in [1.54, 1.807) is 13.2 Å². The average Bonchev–Trinajstić information content (AvgIpc) is 3.47. The van der Waals surface area contributed by atoms with E-state index in [1.807, 2.05) is 24.3 Å². The van der Waals surface area contributed by atoms with Crippen LogP contribution in [-0.4, -0.2) is 120 Å². The third-order valence-corrected chi connectivity index (χ3v) is 11.3. The third kappa shape index (κ3) is 10.9. The number of rotatable bonds is 18. The molecule has 0 spiro atoms. The summed E-state index contributed by atoms with van der Waals surface area (Å²) in [6.45, 7) is 2.99. The quantitative estimate of drug-likeness (QED) is 0.107. The summed E-state index contributed by atoms with van der Waals surface area (Å²) >= 11 is 3.40. The van der Waals surface area contributed by atoms with Crippen LogP contribution in [0.15, 0.2) is 57.9 Å². The number of likely N-dealkylation sites (N-methyl/N-ethyl adjacent to an activating group) is 1. The predicted octanol–water partition coefficient (Wildman–Crippen LogP) is 2.81. The molecule has 0 aliphatic carbocycles. The largest absolute Gasteiger partial charge is 0.379 e. The molecule has 2 aromatic carbocycles. The summed E-state index contributed by atoms with van der Waals surface area (Å²) in [7, 11) is 3.69. The van der Waals surface area contributed by atoms with Gasteiger partial charge in [-0.3, -0.25) is 43.8 Å². The van der Waals surface area contributed by atoms with Crippen molar-refractivity contribution in [1.82, 2.24) is 30.2 Å². The summed E-state index contributed by atoms with van der Waals surface area (Å²) in [5.74, 6) is -2.91. The number of amides is 6. The first kappa shape index (κ1) is 43.3. The normalized spacial score (nSPS) is 19.4. The molecule has 1 unspecified atom stereocenters. The highest BCUT2D eigenvalue weighted by atomic mass is 79.9. The van der Waals surface area contributed by atoms with Gasteiger partial charge in [0.2, 0.25) is 17.7 Å². The lowest BCUT2D eigenvalue weighted by molar-refractivity contribution is -0.136. The standard InChI is InChI=1S/C41H49BrN8O9/c1-48-22-27(20-28(23-48)45-31-21-44-49(2)41(57)36(31)42)25-10-12-26(13-11-25)37(53)43-16-5-3-4-6-17-58-18-19-59-24-34(52)46-30-9-7-8-29-35(30)40(56)50(39(29)55)32-14-15-33(51)47-38(32)54/h7-13,21,27-28,32,45H,3-6,14-20,22-24H2,1-2H3,(H,43,53)(H,46,52)(H,47,51,54)/t27-,28+,32?/m0/s1. The molecule has 0 radical (unpaired) electrons. The minimum Gasteiger partial charge on any atom is -0.379 e. The number of aromatic nitrogens is 2. The number of carbonyl (C=O) groups excluding carboxylic acids is 6. The summed E-state index contributed by atoms with van der Waals surface area (Å²) in [4.78, 5) is 90.9. The Bertz CT molecular complexity index is 2130. The van der Waals surface area contributed by atoms with Gasteiger partial charge in [-0.25, -0.2) is 4.68 Å². The van der Waals surface area contributed by atoms with E-state index in [4.69, 9.17) is 9.47 Å². The number of benzene rings is 2. The number of halogens is 1. The Balaban J connectivity index is 0.810. The van der Waals surface area contributed by atoms with Crippen molar-refractivity contribution in [2.24, 2.45) is 7.05 Å². The van der Waals surface area contributed by atoms with Crippen molar-refractivity contribution in [1.29, 1.82) is 0 Å². The number of anilines is 2. The van der Waals surface area contributed by atoms with Gasteiger partial charge in [0.25, 0.3) is 23.3 Å². The Morgan fingerprint density at radius 3 is 2.44 bits per heavy atom. The molecule has 6 amide bonds. The second kappa shape index (κ2) is 20.1. The molecule has 6 rings (SSSR count). The average molecular weight is 878 g/mol. The van der Waals surface area contributed by atoms with Crippen molar-refractivity contribution >= 4 is 62.7 Å². The molecular weight excluding hydrogens is 828 g/mol. The highest BCUT2D eigenvalue weighted by molar-refractivity contribution is 9.10. The first-order valence-corrected chi connectivity index (χ1v) is 20.6. The van der Waals surface area contributed by atoms with E-state index in [2.05, 4.69) is 54.2 Å². The monoisotopic (exact) mass is 876 g/mol. The van der Waals surface area contributed by atoms with Crippen LogP contribution >= 0.6 is 15.9 Å². The zero-order valence-corrected chi connectivity index (χ0v) is 34.7. The molecule has 59 heavy (non-hydrogen) atoms. The van der Waals surface area contributed by atoms with Crippen LogP contribution in [-0.2, 0) is 30.9 Å². The van der Waals surface area contributed by atoms with Crippen molar-refractivity contribution in [2.75, 3.05) is 63.7 Å². The molecule has 1 aromatic heterocycles. The summed E-state index contributed by atoms with van der Waals surface area (Å²) in [5, 5.41) is 15.4. The van der Waals surface area contributed by atoms with Gasteiger partial charge in [-0.1, -0.05) is 31.0 Å². The van der Waals surface area contributed by atoms with Crippen molar-refractivity contribution in [3.8, 4) is 0 Å². The zero-order valence-electron chi connectivity index (χ0n) is 33.1. The summed E-state index contributed by atoms with van der Waals surface area (Å²) < 4.78 is 12.8. The van der Waals surface area contributed by atoms with Crippen molar-refractivity contribution < 1.29 is 38.2 Å². The number of nitrogens with zero attached hydrogens (tertiary/aromatic N) is 4. The van der Waals surface area contributed by atoms with Crippen LogP contribution in [0.5, 0.6) is 0 Å². The van der Waals surface area contributed by atoms with E-state index < -0.39 is 35.6 Å². The van der Waals surface area contributed by atoms with E-state index in [0.717, 1.165) is 55.7 Å². The predicted molar refractivity (Wildman–Crippen MR) is 220 cm³/mol. The smallest absolute Gasteiger partial charge is 0.282 e. The highest BCUT2D eigenvalue weighted by Crippen LogP contribution is 2.33. The first-order chi connectivity index (χ1) is 28.4. The van der Waals surface area contributed by atoms with Crippen molar-refractivity contribution in [2.45, 2.75) is 62.9 Å². The molecule has 3 aliphatic rings. The van der Waals surface area contributed by atoms with Gasteiger partial charge in [-0.2, -0.15) is 5.10 Å². The van der Waals surface area contributed by atoms with E-state index in [-0.39, 0.29) is 72.9 Å². The molecule has 18 heteroatoms.